The number of halogens is 2. The van der Waals surface area contributed by atoms with Gasteiger partial charge in [-0.1, -0.05) is 12.1 Å². The lowest BCUT2D eigenvalue weighted by Crippen LogP contribution is -2.42. The van der Waals surface area contributed by atoms with Gasteiger partial charge >= 0.3 is 0 Å². The summed E-state index contributed by atoms with van der Waals surface area (Å²) in [5.41, 5.74) is -2.31. The number of nitrogens with two attached hydrogens (primary N) is 1. The van der Waals surface area contributed by atoms with Gasteiger partial charge in [0.2, 0.25) is 26.0 Å². The predicted octanol–water partition coefficient (Wildman–Crippen LogP) is 1.20. The summed E-state index contributed by atoms with van der Waals surface area (Å²) in [4.78, 5) is 21.1. The van der Waals surface area contributed by atoms with Crippen LogP contribution < -0.4 is 16.0 Å². The molecule has 1 fully saturated rings. The molecule has 0 amide bonds. The quantitative estimate of drug-likeness (QED) is 0.483. The first-order valence-corrected chi connectivity index (χ1v) is 13.8. The number of primary sulfonamides is 1. The van der Waals surface area contributed by atoms with E-state index in [9.17, 15) is 30.4 Å². The Balaban J connectivity index is 1.82. The van der Waals surface area contributed by atoms with Crippen LogP contribution in [0.1, 0.15) is 24.8 Å². The van der Waals surface area contributed by atoms with Crippen LogP contribution in [0.15, 0.2) is 46.2 Å². The molecule has 15 heteroatoms. The Bertz CT molecular complexity index is 1550. The maximum Gasteiger partial charge on any atom is 0.269 e. The first-order valence-electron chi connectivity index (χ1n) is 10.4. The van der Waals surface area contributed by atoms with Crippen molar-refractivity contribution in [2.75, 3.05) is 24.7 Å². The number of para-hydroxylation sites is 1. The van der Waals surface area contributed by atoms with Crippen LogP contribution in [-0.4, -0.2) is 61.1 Å². The van der Waals surface area contributed by atoms with Crippen LogP contribution in [0.5, 0.6) is 0 Å². The molecule has 0 atom stereocenters. The molecule has 188 valence electrons. The summed E-state index contributed by atoms with van der Waals surface area (Å²) >= 11 is 0. The van der Waals surface area contributed by atoms with E-state index in [-0.39, 0.29) is 28.7 Å². The van der Waals surface area contributed by atoms with Crippen molar-refractivity contribution in [2.45, 2.75) is 30.2 Å². The van der Waals surface area contributed by atoms with Crippen molar-refractivity contribution in [1.29, 1.82) is 0 Å². The maximum absolute atomic E-state index is 13.6. The van der Waals surface area contributed by atoms with E-state index in [1.807, 2.05) is 0 Å². The molecule has 3 aromatic rings. The first kappa shape index (κ1) is 25.1. The normalized spacial score (nSPS) is 16.1. The molecule has 11 nitrogen and oxygen atoms in total. The highest BCUT2D eigenvalue weighted by Gasteiger charge is 2.26. The van der Waals surface area contributed by atoms with E-state index < -0.39 is 42.5 Å². The number of pyridine rings is 1. The highest BCUT2D eigenvalue weighted by Crippen LogP contribution is 2.26. The highest BCUT2D eigenvalue weighted by molar-refractivity contribution is 7.89. The van der Waals surface area contributed by atoms with Crippen LogP contribution in [0, 0.1) is 0 Å². The minimum absolute atomic E-state index is 0.0707. The van der Waals surface area contributed by atoms with Crippen molar-refractivity contribution in [2.24, 2.45) is 5.14 Å². The molecule has 0 unspecified atom stereocenters. The van der Waals surface area contributed by atoms with Gasteiger partial charge in [-0.3, -0.25) is 9.36 Å². The van der Waals surface area contributed by atoms with Crippen molar-refractivity contribution in [3.05, 3.63) is 52.4 Å². The summed E-state index contributed by atoms with van der Waals surface area (Å²) in [6.45, 7) is 0.600. The smallest absolute Gasteiger partial charge is 0.269 e. The molecule has 3 N–H and O–H groups in total. The molecular weight excluding hydrogens is 506 g/mol. The standard InChI is InChI=1S/C20H22F2N6O5S2/c1-34(30,31)27-8-6-13(7-9-27)25-20-24-11-12-10-14(17(21)22)19(29)28(18(12)26-20)15-4-2-3-5-16(15)35(23,32)33/h2-5,10-11,13,17H,6-9H2,1H3,(H2,23,32,33)(H,24,25,26). The third kappa shape index (κ3) is 5.17. The zero-order valence-electron chi connectivity index (χ0n) is 18.4. The summed E-state index contributed by atoms with van der Waals surface area (Å²) in [5.74, 6) is 0.0707. The van der Waals surface area contributed by atoms with Gasteiger partial charge in [-0.25, -0.2) is 40.0 Å². The Labute approximate surface area is 199 Å². The monoisotopic (exact) mass is 528 g/mol. The van der Waals surface area contributed by atoms with Gasteiger partial charge in [-0.05, 0) is 31.0 Å². The van der Waals surface area contributed by atoms with E-state index in [4.69, 9.17) is 5.14 Å². The summed E-state index contributed by atoms with van der Waals surface area (Å²) < 4.78 is 77.1. The average Bonchev–Trinajstić information content (AvgIpc) is 2.78. The van der Waals surface area contributed by atoms with Crippen molar-refractivity contribution >= 4 is 37.0 Å². The lowest BCUT2D eigenvalue weighted by Gasteiger charge is -2.30. The fraction of sp³-hybridized carbons (Fsp3) is 0.350. The lowest BCUT2D eigenvalue weighted by atomic mass is 10.1. The summed E-state index contributed by atoms with van der Waals surface area (Å²) in [6, 6.07) is 6.04. The van der Waals surface area contributed by atoms with Gasteiger partial charge < -0.3 is 5.32 Å². The van der Waals surface area contributed by atoms with Crippen LogP contribution in [0.2, 0.25) is 0 Å². The van der Waals surface area contributed by atoms with Crippen molar-refractivity contribution in [3.63, 3.8) is 0 Å². The van der Waals surface area contributed by atoms with E-state index in [0.29, 0.717) is 25.9 Å². The zero-order valence-corrected chi connectivity index (χ0v) is 20.1. The highest BCUT2D eigenvalue weighted by atomic mass is 32.2. The van der Waals surface area contributed by atoms with Gasteiger partial charge in [-0.2, -0.15) is 4.98 Å². The summed E-state index contributed by atoms with van der Waals surface area (Å²) in [5, 5.41) is 8.46. The molecule has 4 rings (SSSR count). The van der Waals surface area contributed by atoms with Crippen LogP contribution in [-0.2, 0) is 20.0 Å². The number of alkyl halides is 2. The molecule has 1 aliphatic rings. The van der Waals surface area contributed by atoms with E-state index in [1.165, 1.54) is 28.7 Å². The Morgan fingerprint density at radius 2 is 1.80 bits per heavy atom. The van der Waals surface area contributed by atoms with E-state index in [1.54, 1.807) is 0 Å². The number of hydrogen-bond donors (Lipinski definition) is 2. The van der Waals surface area contributed by atoms with Crippen LogP contribution in [0.4, 0.5) is 14.7 Å². The van der Waals surface area contributed by atoms with Crippen LogP contribution in [0.25, 0.3) is 16.7 Å². The third-order valence-electron chi connectivity index (χ3n) is 5.67. The minimum atomic E-state index is -4.31. The topological polar surface area (TPSA) is 157 Å². The average molecular weight is 529 g/mol. The van der Waals surface area contributed by atoms with Gasteiger partial charge in [0.25, 0.3) is 12.0 Å². The maximum atomic E-state index is 13.6. The third-order valence-corrected chi connectivity index (χ3v) is 7.93. The SMILES string of the molecule is CS(=O)(=O)N1CCC(Nc2ncc3cc(C(F)F)c(=O)n(-c4ccccc4S(N)(=O)=O)c3n2)CC1. The number of sulfonamides is 2. The molecule has 0 spiro atoms. The lowest BCUT2D eigenvalue weighted by molar-refractivity contribution is 0.149. The van der Waals surface area contributed by atoms with Gasteiger partial charge in [0.05, 0.1) is 17.5 Å². The van der Waals surface area contributed by atoms with Crippen molar-refractivity contribution in [1.82, 2.24) is 18.8 Å². The van der Waals surface area contributed by atoms with E-state index in [2.05, 4.69) is 15.3 Å². The largest absolute Gasteiger partial charge is 0.351 e. The fourth-order valence-electron chi connectivity index (χ4n) is 3.96. The molecule has 1 aromatic carbocycles. The summed E-state index contributed by atoms with van der Waals surface area (Å²) in [7, 11) is -7.61. The molecule has 2 aromatic heterocycles. The van der Waals surface area contributed by atoms with Crippen molar-refractivity contribution in [3.8, 4) is 5.69 Å². The second-order valence-corrected chi connectivity index (χ2v) is 11.6. The van der Waals surface area contributed by atoms with Gasteiger partial charge in [0.15, 0.2) is 5.65 Å². The van der Waals surface area contributed by atoms with E-state index >= 15 is 0 Å². The Morgan fingerprint density at radius 3 is 2.40 bits per heavy atom. The second-order valence-electron chi connectivity index (χ2n) is 8.11. The molecule has 0 bridgehead atoms. The van der Waals surface area contributed by atoms with Crippen LogP contribution >= 0.6 is 0 Å². The van der Waals surface area contributed by atoms with E-state index in [0.717, 1.165) is 23.0 Å². The minimum Gasteiger partial charge on any atom is -0.351 e. The number of nitrogens with one attached hydrogen (secondary N) is 1. The molecule has 1 aliphatic heterocycles. The molecule has 35 heavy (non-hydrogen) atoms. The summed E-state index contributed by atoms with van der Waals surface area (Å²) in [6.07, 6.45) is 0.203. The number of benzene rings is 1. The number of nitrogens with zero attached hydrogens (tertiary/aromatic N) is 4. The van der Waals surface area contributed by atoms with Crippen LogP contribution in [0.3, 0.4) is 0 Å². The molecule has 0 aliphatic carbocycles. The molecule has 0 radical (unpaired) electrons. The molecule has 1 saturated heterocycles. The number of anilines is 1. The number of piperidine rings is 1. The Morgan fingerprint density at radius 1 is 1.14 bits per heavy atom. The molecule has 3 heterocycles. The van der Waals surface area contributed by atoms with Gasteiger partial charge in [0, 0.05) is 30.7 Å². The zero-order chi connectivity index (χ0) is 25.5. The molecule has 0 saturated carbocycles. The first-order chi connectivity index (χ1) is 16.4. The molecular formula is C20H22F2N6O5S2. The Kier molecular flexibility index (Phi) is 6.61. The number of aromatic nitrogens is 3. The fourth-order valence-corrected chi connectivity index (χ4v) is 5.56. The number of fused-ring (bicyclic) bond motifs is 1. The van der Waals surface area contributed by atoms with Gasteiger partial charge in [-0.15, -0.1) is 0 Å². The predicted molar refractivity (Wildman–Crippen MR) is 125 cm³/mol. The Hall–Kier alpha value is -3.01. The number of hydrogen-bond acceptors (Lipinski definition) is 8. The number of rotatable bonds is 6. The van der Waals surface area contributed by atoms with Crippen molar-refractivity contribution < 1.29 is 25.6 Å². The second kappa shape index (κ2) is 9.22. The van der Waals surface area contributed by atoms with Gasteiger partial charge in [0.1, 0.15) is 4.90 Å².